The number of hydrogen-bond acceptors (Lipinski definition) is 4. The van der Waals surface area contributed by atoms with Crippen molar-refractivity contribution in [1.29, 1.82) is 0 Å². The predicted octanol–water partition coefficient (Wildman–Crippen LogP) is 4.92. The fraction of sp³-hybridized carbons (Fsp3) is 0.545. The van der Waals surface area contributed by atoms with E-state index >= 15 is 0 Å². The number of aliphatic carboxylic acids is 1. The zero-order chi connectivity index (χ0) is 28.4. The lowest BCUT2D eigenvalue weighted by Crippen LogP contribution is -2.52. The summed E-state index contributed by atoms with van der Waals surface area (Å²) in [6, 6.07) is 2.69. The molecule has 1 aromatic rings. The lowest BCUT2D eigenvalue weighted by Gasteiger charge is -2.35. The number of halogens is 9. The number of piperazine rings is 1. The van der Waals surface area contributed by atoms with Gasteiger partial charge in [-0.25, -0.2) is 4.79 Å². The van der Waals surface area contributed by atoms with Crippen LogP contribution in [0.2, 0.25) is 0 Å². The molecule has 1 heterocycles. The summed E-state index contributed by atoms with van der Waals surface area (Å²) in [5.41, 5.74) is -2.43. The molecule has 0 saturated carbocycles. The van der Waals surface area contributed by atoms with Crippen molar-refractivity contribution in [3.05, 3.63) is 34.9 Å². The van der Waals surface area contributed by atoms with Gasteiger partial charge in [0.1, 0.15) is 5.41 Å². The molecule has 1 amide bonds. The Labute approximate surface area is 205 Å². The summed E-state index contributed by atoms with van der Waals surface area (Å²) in [5.74, 6) is 3.57. The number of carboxylic acid groups (broad SMARTS) is 1. The molecule has 1 aliphatic heterocycles. The van der Waals surface area contributed by atoms with E-state index in [4.69, 9.17) is 0 Å². The van der Waals surface area contributed by atoms with Crippen LogP contribution in [-0.4, -0.2) is 71.6 Å². The second-order valence-electron chi connectivity index (χ2n) is 8.66. The normalized spacial score (nSPS) is 15.8. The summed E-state index contributed by atoms with van der Waals surface area (Å²) in [6.45, 7) is 1.76. The first-order valence-corrected chi connectivity index (χ1v) is 10.5. The van der Waals surface area contributed by atoms with Crippen molar-refractivity contribution in [1.82, 2.24) is 9.80 Å². The summed E-state index contributed by atoms with van der Waals surface area (Å²) in [5, 5.41) is 9.19. The Balaban J connectivity index is 2.16. The largest absolute Gasteiger partial charge is 0.480 e. The van der Waals surface area contributed by atoms with Gasteiger partial charge in [0.25, 0.3) is 6.10 Å². The van der Waals surface area contributed by atoms with Crippen LogP contribution in [0.15, 0.2) is 18.2 Å². The fourth-order valence-corrected chi connectivity index (χ4v) is 3.11. The molecule has 2 rings (SSSR count). The van der Waals surface area contributed by atoms with Crippen LogP contribution >= 0.6 is 0 Å². The lowest BCUT2D eigenvalue weighted by atomic mass is 9.93. The molecule has 15 heteroatoms. The van der Waals surface area contributed by atoms with E-state index in [-0.39, 0.29) is 43.9 Å². The van der Waals surface area contributed by atoms with Crippen molar-refractivity contribution >= 4 is 12.1 Å². The molecule has 0 aliphatic carbocycles. The Bertz CT molecular complexity index is 1050. The molecule has 37 heavy (non-hydrogen) atoms. The maximum Gasteiger partial charge on any atom is 0.434 e. The van der Waals surface area contributed by atoms with E-state index < -0.39 is 47.7 Å². The Kier molecular flexibility index (Phi) is 8.68. The molecule has 6 nitrogen and oxygen atoms in total. The standard InChI is InChI=1S/C22H21F9N2O4/c1-19(2,17(34)35)6-5-13-11-15(20(23,24)25)4-3-14(13)12-32-7-9-33(10-8-32)18(36)37-16(21(26,27)28)22(29,30)31/h3-4,11,16H,7-10,12H2,1-2H3,(H,34,35). The zero-order valence-corrected chi connectivity index (χ0v) is 19.3. The van der Waals surface area contributed by atoms with Crippen molar-refractivity contribution in [2.24, 2.45) is 5.41 Å². The topological polar surface area (TPSA) is 70.1 Å². The number of carboxylic acids is 1. The molecule has 0 unspecified atom stereocenters. The maximum atomic E-state index is 13.2. The van der Waals surface area contributed by atoms with Crippen molar-refractivity contribution in [2.45, 2.75) is 45.0 Å². The number of benzene rings is 1. The fourth-order valence-electron chi connectivity index (χ4n) is 3.11. The van der Waals surface area contributed by atoms with Gasteiger partial charge in [0.05, 0.1) is 5.56 Å². The molecule has 206 valence electrons. The minimum absolute atomic E-state index is 0.0355. The molecule has 0 atom stereocenters. The highest BCUT2D eigenvalue weighted by molar-refractivity contribution is 5.77. The average molecular weight is 548 g/mol. The van der Waals surface area contributed by atoms with Crippen LogP contribution in [0.1, 0.15) is 30.5 Å². The quantitative estimate of drug-likeness (QED) is 0.428. The van der Waals surface area contributed by atoms with Crippen LogP contribution in [-0.2, 0) is 22.3 Å². The van der Waals surface area contributed by atoms with Crippen molar-refractivity contribution in [2.75, 3.05) is 26.2 Å². The molecule has 1 N–H and O–H groups in total. The van der Waals surface area contributed by atoms with Gasteiger partial charge in [0.2, 0.25) is 0 Å². The third-order valence-electron chi connectivity index (χ3n) is 5.32. The first-order chi connectivity index (χ1) is 16.7. The highest BCUT2D eigenvalue weighted by atomic mass is 19.4. The van der Waals surface area contributed by atoms with E-state index in [2.05, 4.69) is 16.6 Å². The molecular formula is C22H21F9N2O4. The summed E-state index contributed by atoms with van der Waals surface area (Å²) in [7, 11) is 0. The van der Waals surface area contributed by atoms with Crippen molar-refractivity contribution < 1.29 is 58.9 Å². The monoisotopic (exact) mass is 548 g/mol. The first-order valence-electron chi connectivity index (χ1n) is 10.5. The number of amides is 1. The van der Waals surface area contributed by atoms with E-state index in [0.29, 0.717) is 4.90 Å². The number of carbonyl (C=O) groups is 2. The van der Waals surface area contributed by atoms with E-state index in [9.17, 15) is 54.2 Å². The third kappa shape index (κ3) is 8.17. The summed E-state index contributed by atoms with van der Waals surface area (Å²) in [6.07, 6.45) is -22.5. The second kappa shape index (κ2) is 10.7. The van der Waals surface area contributed by atoms with Gasteiger partial charge in [-0.05, 0) is 31.5 Å². The minimum atomic E-state index is -5.86. The number of ether oxygens (including phenoxy) is 1. The Hall–Kier alpha value is -3.15. The summed E-state index contributed by atoms with van der Waals surface area (Å²) >= 11 is 0. The Morgan fingerprint density at radius 1 is 0.973 bits per heavy atom. The minimum Gasteiger partial charge on any atom is -0.480 e. The second-order valence-corrected chi connectivity index (χ2v) is 8.66. The number of carbonyl (C=O) groups excluding carboxylic acids is 1. The van der Waals surface area contributed by atoms with Crippen molar-refractivity contribution in [3.63, 3.8) is 0 Å². The van der Waals surface area contributed by atoms with Gasteiger partial charge in [-0.3, -0.25) is 9.69 Å². The van der Waals surface area contributed by atoms with Crippen molar-refractivity contribution in [3.8, 4) is 11.8 Å². The summed E-state index contributed by atoms with van der Waals surface area (Å²) in [4.78, 5) is 25.4. The molecule has 1 aromatic carbocycles. The van der Waals surface area contributed by atoms with Crippen LogP contribution in [0.4, 0.5) is 44.3 Å². The highest BCUT2D eigenvalue weighted by Crippen LogP contribution is 2.36. The maximum absolute atomic E-state index is 13.2. The molecule has 1 saturated heterocycles. The number of nitrogens with zero attached hydrogens (tertiary/aromatic N) is 2. The lowest BCUT2D eigenvalue weighted by molar-refractivity contribution is -0.308. The zero-order valence-electron chi connectivity index (χ0n) is 19.3. The predicted molar refractivity (Wildman–Crippen MR) is 109 cm³/mol. The highest BCUT2D eigenvalue weighted by Gasteiger charge is 2.60. The molecule has 0 bridgehead atoms. The van der Waals surface area contributed by atoms with Crippen LogP contribution < -0.4 is 0 Å². The number of alkyl halides is 9. The van der Waals surface area contributed by atoms with Gasteiger partial charge in [-0.1, -0.05) is 17.9 Å². The first kappa shape index (κ1) is 30.1. The molecular weight excluding hydrogens is 527 g/mol. The van der Waals surface area contributed by atoms with Crippen LogP contribution in [0.3, 0.4) is 0 Å². The SMILES string of the molecule is CC(C)(C#Cc1cc(C(F)(F)F)ccc1CN1CCN(C(=O)OC(C(F)(F)F)C(F)(F)F)CC1)C(=O)O. The molecule has 0 radical (unpaired) electrons. The van der Waals surface area contributed by atoms with Gasteiger partial charge in [-0.15, -0.1) is 0 Å². The van der Waals surface area contributed by atoms with Gasteiger partial charge >= 0.3 is 30.6 Å². The van der Waals surface area contributed by atoms with Crippen LogP contribution in [0, 0.1) is 17.3 Å². The van der Waals surface area contributed by atoms with Crippen LogP contribution in [0.5, 0.6) is 0 Å². The smallest absolute Gasteiger partial charge is 0.434 e. The molecule has 1 aliphatic rings. The average Bonchev–Trinajstić information content (AvgIpc) is 2.74. The molecule has 0 spiro atoms. The van der Waals surface area contributed by atoms with E-state index in [1.807, 2.05) is 0 Å². The van der Waals surface area contributed by atoms with E-state index in [1.165, 1.54) is 13.8 Å². The Morgan fingerprint density at radius 3 is 1.97 bits per heavy atom. The number of rotatable bonds is 4. The van der Waals surface area contributed by atoms with E-state index in [0.717, 1.165) is 18.2 Å². The van der Waals surface area contributed by atoms with Crippen LogP contribution in [0.25, 0.3) is 0 Å². The molecule has 1 fully saturated rings. The van der Waals surface area contributed by atoms with Gasteiger partial charge < -0.3 is 14.7 Å². The van der Waals surface area contributed by atoms with Gasteiger partial charge in [0.15, 0.2) is 0 Å². The Morgan fingerprint density at radius 2 is 1.51 bits per heavy atom. The molecule has 0 aromatic heterocycles. The third-order valence-corrected chi connectivity index (χ3v) is 5.32. The number of hydrogen-bond donors (Lipinski definition) is 1. The van der Waals surface area contributed by atoms with Gasteiger partial charge in [0, 0.05) is 38.3 Å². The summed E-state index contributed by atoms with van der Waals surface area (Å²) < 4.78 is 119. The van der Waals surface area contributed by atoms with E-state index in [1.54, 1.807) is 4.90 Å². The van der Waals surface area contributed by atoms with Gasteiger partial charge in [-0.2, -0.15) is 39.5 Å².